The third kappa shape index (κ3) is 2.00. The summed E-state index contributed by atoms with van der Waals surface area (Å²) in [6.07, 6.45) is 3.84. The summed E-state index contributed by atoms with van der Waals surface area (Å²) in [6, 6.07) is 12.9. The zero-order chi connectivity index (χ0) is 13.4. The molecule has 2 nitrogen and oxygen atoms in total. The minimum Gasteiger partial charge on any atom is -0.337 e. The van der Waals surface area contributed by atoms with Crippen molar-refractivity contribution in [3.8, 4) is 5.69 Å². The molecular weight excluding hydrogens is 252 g/mol. The SMILES string of the molecule is CC(C)c1ccc(-n2cc[nH]c2=S)c2ccccc12. The normalized spacial score (nSPS) is 11.3. The van der Waals surface area contributed by atoms with Crippen molar-refractivity contribution in [1.29, 1.82) is 0 Å². The van der Waals surface area contributed by atoms with E-state index in [1.807, 2.05) is 17.0 Å². The number of nitrogens with zero attached hydrogens (tertiary/aromatic N) is 1. The van der Waals surface area contributed by atoms with Gasteiger partial charge in [0.1, 0.15) is 0 Å². The number of rotatable bonds is 2. The van der Waals surface area contributed by atoms with Crippen LogP contribution in [0.3, 0.4) is 0 Å². The van der Waals surface area contributed by atoms with Gasteiger partial charge in [-0.25, -0.2) is 0 Å². The first-order chi connectivity index (χ1) is 9.18. The maximum absolute atomic E-state index is 5.32. The van der Waals surface area contributed by atoms with E-state index in [2.05, 4.69) is 55.2 Å². The Morgan fingerprint density at radius 2 is 1.79 bits per heavy atom. The van der Waals surface area contributed by atoms with E-state index in [0.717, 1.165) is 10.5 Å². The van der Waals surface area contributed by atoms with Crippen LogP contribution in [0.5, 0.6) is 0 Å². The van der Waals surface area contributed by atoms with Crippen LogP contribution in [0, 0.1) is 4.77 Å². The van der Waals surface area contributed by atoms with Crippen molar-refractivity contribution in [3.05, 3.63) is 59.1 Å². The quantitative estimate of drug-likeness (QED) is 0.661. The Morgan fingerprint density at radius 3 is 2.42 bits per heavy atom. The molecule has 0 fully saturated rings. The Kier molecular flexibility index (Phi) is 2.99. The van der Waals surface area contributed by atoms with Crippen LogP contribution >= 0.6 is 12.2 Å². The molecule has 0 atom stereocenters. The highest BCUT2D eigenvalue weighted by Gasteiger charge is 2.09. The number of H-pyrrole nitrogens is 1. The lowest BCUT2D eigenvalue weighted by molar-refractivity contribution is 0.875. The summed E-state index contributed by atoms with van der Waals surface area (Å²) in [7, 11) is 0. The predicted octanol–water partition coefficient (Wildman–Crippen LogP) is 4.81. The minimum absolute atomic E-state index is 0.512. The fourth-order valence-corrected chi connectivity index (χ4v) is 2.76. The topological polar surface area (TPSA) is 20.7 Å². The predicted molar refractivity (Wildman–Crippen MR) is 82.5 cm³/mol. The van der Waals surface area contributed by atoms with Gasteiger partial charge in [-0.15, -0.1) is 0 Å². The van der Waals surface area contributed by atoms with Gasteiger partial charge in [0.05, 0.1) is 5.69 Å². The smallest absolute Gasteiger partial charge is 0.181 e. The average molecular weight is 268 g/mol. The zero-order valence-electron chi connectivity index (χ0n) is 11.1. The number of imidazole rings is 1. The standard InChI is InChI=1S/C16H16N2S/c1-11(2)12-7-8-15(18-10-9-17-16(18)19)14-6-4-3-5-13(12)14/h3-11H,1-2H3,(H,17,19). The van der Waals surface area contributed by atoms with E-state index in [4.69, 9.17) is 12.2 Å². The molecule has 0 spiro atoms. The van der Waals surface area contributed by atoms with Crippen LogP contribution in [0.15, 0.2) is 48.8 Å². The molecule has 0 bridgehead atoms. The molecule has 0 aliphatic rings. The number of aromatic amines is 1. The second kappa shape index (κ2) is 4.67. The van der Waals surface area contributed by atoms with Gasteiger partial charge in [0.25, 0.3) is 0 Å². The van der Waals surface area contributed by atoms with Crippen LogP contribution in [0.2, 0.25) is 0 Å². The molecule has 96 valence electrons. The maximum atomic E-state index is 5.32. The summed E-state index contributed by atoms with van der Waals surface area (Å²) in [6.45, 7) is 4.45. The van der Waals surface area contributed by atoms with E-state index in [9.17, 15) is 0 Å². The molecular formula is C16H16N2S. The average Bonchev–Trinajstić information content (AvgIpc) is 2.83. The van der Waals surface area contributed by atoms with Gasteiger partial charge in [-0.05, 0) is 35.2 Å². The summed E-state index contributed by atoms with van der Waals surface area (Å²) in [4.78, 5) is 3.05. The Labute approximate surface area is 117 Å². The molecule has 0 unspecified atom stereocenters. The Hall–Kier alpha value is -1.87. The molecule has 3 aromatic rings. The van der Waals surface area contributed by atoms with Gasteiger partial charge >= 0.3 is 0 Å². The maximum Gasteiger partial charge on any atom is 0.181 e. The molecule has 0 amide bonds. The molecule has 1 N–H and O–H groups in total. The fourth-order valence-electron chi connectivity index (χ4n) is 2.53. The first-order valence-corrected chi connectivity index (χ1v) is 6.87. The lowest BCUT2D eigenvalue weighted by Gasteiger charge is -2.14. The molecule has 3 heteroatoms. The molecule has 1 heterocycles. The van der Waals surface area contributed by atoms with Crippen molar-refractivity contribution in [1.82, 2.24) is 9.55 Å². The van der Waals surface area contributed by atoms with Crippen LogP contribution in [0.4, 0.5) is 0 Å². The van der Waals surface area contributed by atoms with Gasteiger partial charge in [-0.3, -0.25) is 4.57 Å². The van der Waals surface area contributed by atoms with E-state index < -0.39 is 0 Å². The molecule has 1 aromatic heterocycles. The number of aromatic nitrogens is 2. The third-order valence-corrected chi connectivity index (χ3v) is 3.78. The second-order valence-electron chi connectivity index (χ2n) is 5.01. The zero-order valence-corrected chi connectivity index (χ0v) is 11.9. The van der Waals surface area contributed by atoms with E-state index in [0.29, 0.717) is 5.92 Å². The Bertz CT molecular complexity index is 781. The number of hydrogen-bond donors (Lipinski definition) is 1. The van der Waals surface area contributed by atoms with Crippen molar-refractivity contribution >= 4 is 23.0 Å². The van der Waals surface area contributed by atoms with Gasteiger partial charge in [-0.2, -0.15) is 0 Å². The molecule has 0 saturated heterocycles. The molecule has 19 heavy (non-hydrogen) atoms. The van der Waals surface area contributed by atoms with Crippen molar-refractivity contribution in [2.45, 2.75) is 19.8 Å². The molecule has 3 rings (SSSR count). The van der Waals surface area contributed by atoms with Crippen LogP contribution in [0.25, 0.3) is 16.5 Å². The monoisotopic (exact) mass is 268 g/mol. The van der Waals surface area contributed by atoms with Crippen molar-refractivity contribution in [2.75, 3.05) is 0 Å². The van der Waals surface area contributed by atoms with Crippen molar-refractivity contribution in [2.24, 2.45) is 0 Å². The number of hydrogen-bond acceptors (Lipinski definition) is 1. The summed E-state index contributed by atoms with van der Waals surface area (Å²) in [5.74, 6) is 0.512. The summed E-state index contributed by atoms with van der Waals surface area (Å²) >= 11 is 5.32. The van der Waals surface area contributed by atoms with Gasteiger partial charge in [-0.1, -0.05) is 44.2 Å². The summed E-state index contributed by atoms with van der Waals surface area (Å²) < 4.78 is 2.74. The van der Waals surface area contributed by atoms with Crippen LogP contribution in [0.1, 0.15) is 25.3 Å². The highest BCUT2D eigenvalue weighted by Crippen LogP contribution is 2.29. The molecule has 0 saturated carbocycles. The van der Waals surface area contributed by atoms with Crippen molar-refractivity contribution < 1.29 is 0 Å². The Balaban J connectivity index is 2.38. The van der Waals surface area contributed by atoms with E-state index in [-0.39, 0.29) is 0 Å². The first-order valence-electron chi connectivity index (χ1n) is 6.46. The number of fused-ring (bicyclic) bond motifs is 1. The first kappa shape index (κ1) is 12.2. The molecule has 0 radical (unpaired) electrons. The molecule has 2 aromatic carbocycles. The van der Waals surface area contributed by atoms with Crippen molar-refractivity contribution in [3.63, 3.8) is 0 Å². The van der Waals surface area contributed by atoms with Crippen LogP contribution in [-0.2, 0) is 0 Å². The third-order valence-electron chi connectivity index (χ3n) is 3.47. The van der Waals surface area contributed by atoms with Crippen LogP contribution < -0.4 is 0 Å². The second-order valence-corrected chi connectivity index (χ2v) is 5.40. The summed E-state index contributed by atoms with van der Waals surface area (Å²) in [5.41, 5.74) is 2.51. The number of benzene rings is 2. The number of nitrogens with one attached hydrogen (secondary N) is 1. The van der Waals surface area contributed by atoms with Gasteiger partial charge in [0, 0.05) is 17.8 Å². The lowest BCUT2D eigenvalue weighted by atomic mass is 9.95. The van der Waals surface area contributed by atoms with E-state index in [1.54, 1.807) is 0 Å². The van der Waals surface area contributed by atoms with E-state index >= 15 is 0 Å². The highest BCUT2D eigenvalue weighted by atomic mass is 32.1. The van der Waals surface area contributed by atoms with Gasteiger partial charge < -0.3 is 4.98 Å². The van der Waals surface area contributed by atoms with Gasteiger partial charge in [0.15, 0.2) is 4.77 Å². The molecule has 0 aliphatic carbocycles. The molecule has 0 aliphatic heterocycles. The van der Waals surface area contributed by atoms with E-state index in [1.165, 1.54) is 16.3 Å². The lowest BCUT2D eigenvalue weighted by Crippen LogP contribution is -1.97. The summed E-state index contributed by atoms with van der Waals surface area (Å²) in [5, 5.41) is 2.54. The van der Waals surface area contributed by atoms with Crippen LogP contribution in [-0.4, -0.2) is 9.55 Å². The highest BCUT2D eigenvalue weighted by molar-refractivity contribution is 7.71. The minimum atomic E-state index is 0.512. The Morgan fingerprint density at radius 1 is 1.05 bits per heavy atom. The largest absolute Gasteiger partial charge is 0.337 e. The fraction of sp³-hybridized carbons (Fsp3) is 0.188. The van der Waals surface area contributed by atoms with Gasteiger partial charge in [0.2, 0.25) is 0 Å².